The Morgan fingerprint density at radius 3 is 2.52 bits per heavy atom. The Labute approximate surface area is 179 Å². The molecule has 2 aromatic carbocycles. The van der Waals surface area contributed by atoms with Crippen molar-refractivity contribution in [2.45, 2.75) is 26.1 Å². The van der Waals surface area contributed by atoms with E-state index in [1.807, 2.05) is 53.2 Å². The maximum Gasteiger partial charge on any atom is 0.276 e. The van der Waals surface area contributed by atoms with Crippen LogP contribution in [-0.4, -0.2) is 19.2 Å². The second-order valence-electron chi connectivity index (χ2n) is 7.99. The number of anilines is 1. The molecule has 0 spiro atoms. The number of aryl methyl sites for hydroxylation is 2. The van der Waals surface area contributed by atoms with Crippen molar-refractivity contribution in [2.75, 3.05) is 4.90 Å². The molecule has 0 N–H and O–H groups in total. The standard InChI is InChI=1S/C25H21N5O/c31-25-24-18(8-5-9-22(24)29-15-19-6-1-2-7-20(19)16-29)14-26-30(25)13-11-21-17-28-12-4-3-10-23(28)27-21/h1-10,12,14,17H,11,13,15-16H2. The van der Waals surface area contributed by atoms with Gasteiger partial charge in [-0.05, 0) is 29.3 Å². The monoisotopic (exact) mass is 407 g/mol. The number of rotatable bonds is 4. The summed E-state index contributed by atoms with van der Waals surface area (Å²) in [4.78, 5) is 20.3. The second kappa shape index (κ2) is 7.09. The highest BCUT2D eigenvalue weighted by Gasteiger charge is 2.21. The van der Waals surface area contributed by atoms with E-state index in [9.17, 15) is 4.79 Å². The highest BCUT2D eigenvalue weighted by molar-refractivity contribution is 5.93. The molecule has 0 aliphatic carbocycles. The lowest BCUT2D eigenvalue weighted by molar-refractivity contribution is 0.580. The highest BCUT2D eigenvalue weighted by atomic mass is 16.1. The molecule has 152 valence electrons. The lowest BCUT2D eigenvalue weighted by atomic mass is 10.1. The number of fused-ring (bicyclic) bond motifs is 3. The van der Waals surface area contributed by atoms with Gasteiger partial charge in [0.2, 0.25) is 0 Å². The molecule has 4 heterocycles. The molecular formula is C25H21N5O. The molecule has 0 saturated carbocycles. The smallest absolute Gasteiger partial charge is 0.276 e. The first-order valence-electron chi connectivity index (χ1n) is 10.5. The third-order valence-electron chi connectivity index (χ3n) is 6.03. The normalized spacial score (nSPS) is 13.2. The van der Waals surface area contributed by atoms with Crippen molar-refractivity contribution in [2.24, 2.45) is 0 Å². The average molecular weight is 407 g/mol. The zero-order valence-electron chi connectivity index (χ0n) is 17.0. The Morgan fingerprint density at radius 1 is 0.903 bits per heavy atom. The van der Waals surface area contributed by atoms with Gasteiger partial charge in [0.25, 0.3) is 5.56 Å². The predicted octanol–water partition coefficient (Wildman–Crippen LogP) is 3.81. The summed E-state index contributed by atoms with van der Waals surface area (Å²) < 4.78 is 3.56. The summed E-state index contributed by atoms with van der Waals surface area (Å²) >= 11 is 0. The van der Waals surface area contributed by atoms with Crippen LogP contribution in [0.5, 0.6) is 0 Å². The first kappa shape index (κ1) is 17.9. The molecule has 0 fully saturated rings. The zero-order chi connectivity index (χ0) is 20.8. The van der Waals surface area contributed by atoms with E-state index < -0.39 is 0 Å². The van der Waals surface area contributed by atoms with E-state index in [0.717, 1.165) is 40.9 Å². The van der Waals surface area contributed by atoms with E-state index in [4.69, 9.17) is 0 Å². The molecule has 0 unspecified atom stereocenters. The number of pyridine rings is 1. The molecule has 6 rings (SSSR count). The lowest BCUT2D eigenvalue weighted by Crippen LogP contribution is -2.26. The summed E-state index contributed by atoms with van der Waals surface area (Å²) in [6.45, 7) is 2.13. The third kappa shape index (κ3) is 3.08. The molecule has 6 nitrogen and oxygen atoms in total. The maximum atomic E-state index is 13.4. The second-order valence-corrected chi connectivity index (χ2v) is 7.99. The minimum Gasteiger partial charge on any atom is -0.362 e. The van der Waals surface area contributed by atoms with E-state index in [1.54, 1.807) is 10.9 Å². The molecule has 0 saturated heterocycles. The van der Waals surface area contributed by atoms with Gasteiger partial charge in [-0.1, -0.05) is 42.5 Å². The fourth-order valence-electron chi connectivity index (χ4n) is 4.47. The number of benzene rings is 2. The summed E-state index contributed by atoms with van der Waals surface area (Å²) in [6.07, 6.45) is 6.44. The number of aromatic nitrogens is 4. The Hall–Kier alpha value is -3.93. The lowest BCUT2D eigenvalue weighted by Gasteiger charge is -2.20. The van der Waals surface area contributed by atoms with Gasteiger partial charge >= 0.3 is 0 Å². The molecule has 5 aromatic rings. The minimum absolute atomic E-state index is 0.0483. The third-order valence-corrected chi connectivity index (χ3v) is 6.03. The largest absolute Gasteiger partial charge is 0.362 e. The molecule has 0 amide bonds. The van der Waals surface area contributed by atoms with Gasteiger partial charge in [0.15, 0.2) is 0 Å². The molecule has 0 radical (unpaired) electrons. The number of nitrogens with zero attached hydrogens (tertiary/aromatic N) is 5. The van der Waals surface area contributed by atoms with Crippen molar-refractivity contribution in [3.63, 3.8) is 0 Å². The fourth-order valence-corrected chi connectivity index (χ4v) is 4.47. The Bertz CT molecular complexity index is 1420. The van der Waals surface area contributed by atoms with Crippen LogP contribution >= 0.6 is 0 Å². The number of imidazole rings is 1. The van der Waals surface area contributed by atoms with Gasteiger partial charge in [0, 0.05) is 37.3 Å². The van der Waals surface area contributed by atoms with Gasteiger partial charge < -0.3 is 9.30 Å². The topological polar surface area (TPSA) is 55.4 Å². The first-order valence-corrected chi connectivity index (χ1v) is 10.5. The molecule has 31 heavy (non-hydrogen) atoms. The SMILES string of the molecule is O=c1c2c(N3Cc4ccccc4C3)cccc2cnn1CCc1cn2ccccc2n1. The van der Waals surface area contributed by atoms with Crippen LogP contribution in [0.4, 0.5) is 5.69 Å². The van der Waals surface area contributed by atoms with Crippen LogP contribution < -0.4 is 10.5 Å². The number of hydrogen-bond acceptors (Lipinski definition) is 4. The van der Waals surface area contributed by atoms with Crippen LogP contribution in [0.3, 0.4) is 0 Å². The van der Waals surface area contributed by atoms with Crippen LogP contribution in [0, 0.1) is 0 Å². The Kier molecular flexibility index (Phi) is 4.09. The average Bonchev–Trinajstić information content (AvgIpc) is 3.42. The molecule has 0 bridgehead atoms. The quantitative estimate of drug-likeness (QED) is 0.455. The molecule has 1 aliphatic rings. The van der Waals surface area contributed by atoms with E-state index in [-0.39, 0.29) is 5.56 Å². The van der Waals surface area contributed by atoms with Gasteiger partial charge in [0.1, 0.15) is 5.65 Å². The molecular weight excluding hydrogens is 386 g/mol. The highest BCUT2D eigenvalue weighted by Crippen LogP contribution is 2.31. The molecule has 0 atom stereocenters. The van der Waals surface area contributed by atoms with Crippen molar-refractivity contribution >= 4 is 22.1 Å². The van der Waals surface area contributed by atoms with Gasteiger partial charge in [-0.15, -0.1) is 0 Å². The van der Waals surface area contributed by atoms with Crippen molar-refractivity contribution in [1.82, 2.24) is 19.2 Å². The summed E-state index contributed by atoms with van der Waals surface area (Å²) in [6, 6.07) is 20.4. The van der Waals surface area contributed by atoms with Gasteiger partial charge in [-0.3, -0.25) is 4.79 Å². The van der Waals surface area contributed by atoms with Crippen molar-refractivity contribution in [3.05, 3.63) is 106 Å². The molecule has 1 aliphatic heterocycles. The van der Waals surface area contributed by atoms with Crippen molar-refractivity contribution in [3.8, 4) is 0 Å². The predicted molar refractivity (Wildman–Crippen MR) is 121 cm³/mol. The van der Waals surface area contributed by atoms with Crippen molar-refractivity contribution < 1.29 is 0 Å². The van der Waals surface area contributed by atoms with Crippen molar-refractivity contribution in [1.29, 1.82) is 0 Å². The van der Waals surface area contributed by atoms with Crippen LogP contribution in [0.25, 0.3) is 16.4 Å². The van der Waals surface area contributed by atoms with Crippen LogP contribution in [-0.2, 0) is 26.1 Å². The van der Waals surface area contributed by atoms with Gasteiger partial charge in [0.05, 0.1) is 29.5 Å². The molecule has 3 aromatic heterocycles. The van der Waals surface area contributed by atoms with E-state index in [2.05, 4.69) is 39.2 Å². The van der Waals surface area contributed by atoms with Crippen LogP contribution in [0.2, 0.25) is 0 Å². The molecule has 6 heteroatoms. The minimum atomic E-state index is -0.0483. The van der Waals surface area contributed by atoms with E-state index in [1.165, 1.54) is 11.1 Å². The van der Waals surface area contributed by atoms with E-state index >= 15 is 0 Å². The Balaban J connectivity index is 1.34. The van der Waals surface area contributed by atoms with Crippen LogP contribution in [0.1, 0.15) is 16.8 Å². The summed E-state index contributed by atoms with van der Waals surface area (Å²) in [7, 11) is 0. The maximum absolute atomic E-state index is 13.4. The Morgan fingerprint density at radius 2 is 1.71 bits per heavy atom. The summed E-state index contributed by atoms with van der Waals surface area (Å²) in [5.74, 6) is 0. The summed E-state index contributed by atoms with van der Waals surface area (Å²) in [5.41, 5.74) is 5.42. The zero-order valence-corrected chi connectivity index (χ0v) is 17.0. The number of hydrogen-bond donors (Lipinski definition) is 0. The summed E-state index contributed by atoms with van der Waals surface area (Å²) in [5, 5.41) is 6.05. The van der Waals surface area contributed by atoms with E-state index in [0.29, 0.717) is 13.0 Å². The van der Waals surface area contributed by atoms with Crippen LogP contribution in [0.15, 0.2) is 84.0 Å². The fraction of sp³-hybridized carbons (Fsp3) is 0.160. The van der Waals surface area contributed by atoms with Gasteiger partial charge in [-0.2, -0.15) is 5.10 Å². The van der Waals surface area contributed by atoms with Gasteiger partial charge in [-0.25, -0.2) is 9.67 Å². The first-order chi connectivity index (χ1) is 15.3.